The van der Waals surface area contributed by atoms with Crippen molar-refractivity contribution in [2.75, 3.05) is 51.7 Å². The number of piperazine rings is 1. The number of nitrogens with zero attached hydrogens (tertiary/aromatic N) is 4. The standard InChI is InChI=1S/C27H34N6O3/c1-3-32-10-12-33(13-11-32)16-17-14-20(17)26(34)31-23-7-6-19-21(15-29-25(19)30-23)24-22(36-18-4-5-18)8-9-28-27(24)35-2/h6-9,15,17-18,20H,3-5,10-14,16H2,1-2H3,(H2,29,30,31,34)/t17-,20+/m1/s1. The second-order valence-corrected chi connectivity index (χ2v) is 10.1. The lowest BCUT2D eigenvalue weighted by atomic mass is 10.1. The fraction of sp³-hybridized carbons (Fsp3) is 0.519. The third-order valence-corrected chi connectivity index (χ3v) is 7.61. The highest BCUT2D eigenvalue weighted by molar-refractivity contribution is 5.99. The van der Waals surface area contributed by atoms with E-state index < -0.39 is 0 Å². The zero-order valence-corrected chi connectivity index (χ0v) is 21.0. The maximum atomic E-state index is 12.9. The summed E-state index contributed by atoms with van der Waals surface area (Å²) in [7, 11) is 1.61. The van der Waals surface area contributed by atoms with Crippen LogP contribution in [0.4, 0.5) is 5.82 Å². The third kappa shape index (κ3) is 4.77. The molecule has 0 aromatic carbocycles. The number of rotatable bonds is 9. The SMILES string of the molecule is CCN1CCN(C[C@H]2C[C@@H]2C(=O)Nc2ccc3c(-c4c(OC5CC5)ccnc4OC)c[nH]c3n2)CC1. The predicted molar refractivity (Wildman–Crippen MR) is 138 cm³/mol. The van der Waals surface area contributed by atoms with E-state index in [4.69, 9.17) is 9.47 Å². The van der Waals surface area contributed by atoms with Gasteiger partial charge < -0.3 is 29.6 Å². The summed E-state index contributed by atoms with van der Waals surface area (Å²) in [5, 5.41) is 3.96. The average molecular weight is 491 g/mol. The Balaban J connectivity index is 1.13. The number of carbonyl (C=O) groups is 1. The lowest BCUT2D eigenvalue weighted by molar-refractivity contribution is -0.117. The summed E-state index contributed by atoms with van der Waals surface area (Å²) in [4.78, 5) is 30.2. The van der Waals surface area contributed by atoms with E-state index in [1.165, 1.54) is 0 Å². The van der Waals surface area contributed by atoms with E-state index in [-0.39, 0.29) is 17.9 Å². The third-order valence-electron chi connectivity index (χ3n) is 7.61. The van der Waals surface area contributed by atoms with E-state index in [1.807, 2.05) is 24.4 Å². The molecule has 1 aliphatic heterocycles. The number of amides is 1. The van der Waals surface area contributed by atoms with E-state index in [1.54, 1.807) is 13.3 Å². The molecule has 2 N–H and O–H groups in total. The molecule has 3 aromatic rings. The number of H-pyrrole nitrogens is 1. The molecule has 36 heavy (non-hydrogen) atoms. The number of ether oxygens (including phenoxy) is 2. The summed E-state index contributed by atoms with van der Waals surface area (Å²) >= 11 is 0. The maximum absolute atomic E-state index is 12.9. The molecule has 0 unspecified atom stereocenters. The first-order valence-electron chi connectivity index (χ1n) is 13.1. The zero-order chi connectivity index (χ0) is 24.6. The van der Waals surface area contributed by atoms with Gasteiger partial charge in [0.1, 0.15) is 17.2 Å². The van der Waals surface area contributed by atoms with Crippen LogP contribution in [0.3, 0.4) is 0 Å². The van der Waals surface area contributed by atoms with Gasteiger partial charge >= 0.3 is 0 Å². The normalized spacial score (nSPS) is 22.5. The van der Waals surface area contributed by atoms with Crippen molar-refractivity contribution in [1.82, 2.24) is 24.8 Å². The number of aromatic nitrogens is 3. The molecule has 0 radical (unpaired) electrons. The van der Waals surface area contributed by atoms with Gasteiger partial charge in [-0.2, -0.15) is 0 Å². The van der Waals surface area contributed by atoms with E-state index >= 15 is 0 Å². The van der Waals surface area contributed by atoms with Gasteiger partial charge in [0.05, 0.1) is 18.8 Å². The Morgan fingerprint density at radius 2 is 1.97 bits per heavy atom. The molecular weight excluding hydrogens is 456 g/mol. The van der Waals surface area contributed by atoms with Crippen LogP contribution >= 0.6 is 0 Å². The molecule has 9 heteroatoms. The number of fused-ring (bicyclic) bond motifs is 1. The summed E-state index contributed by atoms with van der Waals surface area (Å²) in [6, 6.07) is 5.73. The summed E-state index contributed by atoms with van der Waals surface area (Å²) in [5.41, 5.74) is 2.44. The van der Waals surface area contributed by atoms with Gasteiger partial charge in [0.15, 0.2) is 0 Å². The van der Waals surface area contributed by atoms with Crippen LogP contribution in [-0.2, 0) is 4.79 Å². The molecule has 6 rings (SSSR count). The number of hydrogen-bond acceptors (Lipinski definition) is 7. The number of carbonyl (C=O) groups excluding carboxylic acids is 1. The minimum atomic E-state index is 0.0693. The van der Waals surface area contributed by atoms with E-state index in [2.05, 4.69) is 37.0 Å². The molecule has 3 fully saturated rings. The minimum Gasteiger partial charge on any atom is -0.490 e. The van der Waals surface area contributed by atoms with E-state index in [0.717, 1.165) is 80.8 Å². The number of likely N-dealkylation sites (N-methyl/N-ethyl adjacent to an activating group) is 1. The van der Waals surface area contributed by atoms with Crippen LogP contribution in [0.1, 0.15) is 26.2 Å². The minimum absolute atomic E-state index is 0.0693. The van der Waals surface area contributed by atoms with Gasteiger partial charge in [0, 0.05) is 62.0 Å². The van der Waals surface area contributed by atoms with Crippen molar-refractivity contribution in [2.24, 2.45) is 11.8 Å². The molecule has 9 nitrogen and oxygen atoms in total. The Labute approximate surface area is 211 Å². The quantitative estimate of drug-likeness (QED) is 0.475. The molecule has 1 saturated heterocycles. The highest BCUT2D eigenvalue weighted by atomic mass is 16.5. The second kappa shape index (κ2) is 9.71. The summed E-state index contributed by atoms with van der Waals surface area (Å²) in [6.07, 6.45) is 6.96. The first-order chi connectivity index (χ1) is 17.6. The molecule has 1 amide bonds. The smallest absolute Gasteiger partial charge is 0.228 e. The largest absolute Gasteiger partial charge is 0.490 e. The van der Waals surface area contributed by atoms with Crippen molar-refractivity contribution < 1.29 is 14.3 Å². The van der Waals surface area contributed by atoms with Gasteiger partial charge in [0.2, 0.25) is 11.8 Å². The highest BCUT2D eigenvalue weighted by Gasteiger charge is 2.44. The Morgan fingerprint density at radius 1 is 1.17 bits per heavy atom. The van der Waals surface area contributed by atoms with Gasteiger partial charge in [-0.1, -0.05) is 6.92 Å². The monoisotopic (exact) mass is 490 g/mol. The number of nitrogens with one attached hydrogen (secondary N) is 2. The summed E-state index contributed by atoms with van der Waals surface area (Å²) in [6.45, 7) is 8.80. The Bertz CT molecular complexity index is 1250. The predicted octanol–water partition coefficient (Wildman–Crippen LogP) is 3.39. The van der Waals surface area contributed by atoms with Gasteiger partial charge in [-0.15, -0.1) is 0 Å². The number of aromatic amines is 1. The molecule has 190 valence electrons. The Kier molecular flexibility index (Phi) is 6.27. The average Bonchev–Trinajstić information content (AvgIpc) is 3.83. The van der Waals surface area contributed by atoms with Crippen LogP contribution in [0, 0.1) is 11.8 Å². The van der Waals surface area contributed by atoms with Gasteiger partial charge in [-0.05, 0) is 49.9 Å². The van der Waals surface area contributed by atoms with Crippen LogP contribution < -0.4 is 14.8 Å². The fourth-order valence-electron chi connectivity index (χ4n) is 5.18. The van der Waals surface area contributed by atoms with Crippen LogP contribution in [-0.4, -0.2) is 83.1 Å². The number of anilines is 1. The number of pyridine rings is 2. The molecule has 2 aliphatic carbocycles. The van der Waals surface area contributed by atoms with Crippen molar-refractivity contribution in [3.05, 3.63) is 30.6 Å². The molecule has 4 heterocycles. The van der Waals surface area contributed by atoms with Crippen molar-refractivity contribution in [3.63, 3.8) is 0 Å². The number of hydrogen-bond donors (Lipinski definition) is 2. The van der Waals surface area contributed by atoms with Gasteiger partial charge in [0.25, 0.3) is 0 Å². The summed E-state index contributed by atoms with van der Waals surface area (Å²) < 4.78 is 11.7. The molecular formula is C27H34N6O3. The van der Waals surface area contributed by atoms with Gasteiger partial charge in [-0.25, -0.2) is 9.97 Å². The fourth-order valence-corrected chi connectivity index (χ4v) is 5.18. The maximum Gasteiger partial charge on any atom is 0.228 e. The Morgan fingerprint density at radius 3 is 2.72 bits per heavy atom. The van der Waals surface area contributed by atoms with Crippen LogP contribution in [0.5, 0.6) is 11.6 Å². The van der Waals surface area contributed by atoms with Crippen molar-refractivity contribution in [2.45, 2.75) is 32.3 Å². The topological polar surface area (TPSA) is 95.6 Å². The van der Waals surface area contributed by atoms with Crippen molar-refractivity contribution >= 4 is 22.8 Å². The molecule has 3 aromatic heterocycles. The first kappa shape index (κ1) is 23.2. The lowest BCUT2D eigenvalue weighted by Crippen LogP contribution is -2.46. The summed E-state index contributed by atoms with van der Waals surface area (Å²) in [5.74, 6) is 2.44. The van der Waals surface area contributed by atoms with Crippen LogP contribution in [0.25, 0.3) is 22.2 Å². The number of methoxy groups -OCH3 is 1. The van der Waals surface area contributed by atoms with Crippen LogP contribution in [0.15, 0.2) is 30.6 Å². The van der Waals surface area contributed by atoms with Crippen molar-refractivity contribution in [1.29, 1.82) is 0 Å². The van der Waals surface area contributed by atoms with Gasteiger partial charge in [-0.3, -0.25) is 4.79 Å². The van der Waals surface area contributed by atoms with E-state index in [9.17, 15) is 4.79 Å². The first-order valence-corrected chi connectivity index (χ1v) is 13.1. The molecule has 0 bridgehead atoms. The molecule has 0 spiro atoms. The van der Waals surface area contributed by atoms with E-state index in [0.29, 0.717) is 23.3 Å². The lowest BCUT2D eigenvalue weighted by Gasteiger charge is -2.34. The molecule has 2 atom stereocenters. The molecule has 2 saturated carbocycles. The second-order valence-electron chi connectivity index (χ2n) is 10.1. The van der Waals surface area contributed by atoms with Crippen LogP contribution in [0.2, 0.25) is 0 Å². The highest BCUT2D eigenvalue weighted by Crippen LogP contribution is 2.43. The zero-order valence-electron chi connectivity index (χ0n) is 21.0. The Hall–Kier alpha value is -3.17. The van der Waals surface area contributed by atoms with Crippen molar-refractivity contribution in [3.8, 4) is 22.8 Å². The molecule has 3 aliphatic rings.